The van der Waals surface area contributed by atoms with E-state index in [0.717, 1.165) is 30.7 Å². The number of anilines is 2. The second-order valence-corrected chi connectivity index (χ2v) is 6.28. The molecule has 3 rings (SSSR count). The zero-order valence-corrected chi connectivity index (χ0v) is 14.4. The van der Waals surface area contributed by atoms with Gasteiger partial charge in [-0.05, 0) is 36.4 Å². The van der Waals surface area contributed by atoms with Crippen molar-refractivity contribution in [1.29, 1.82) is 0 Å². The van der Waals surface area contributed by atoms with E-state index >= 15 is 0 Å². The number of piperidine rings is 1. The van der Waals surface area contributed by atoms with E-state index in [2.05, 4.69) is 10.2 Å². The highest BCUT2D eigenvalue weighted by atomic mass is 19.4. The molecule has 1 aliphatic rings. The summed E-state index contributed by atoms with van der Waals surface area (Å²) < 4.78 is 43.9. The van der Waals surface area contributed by atoms with Gasteiger partial charge in [0.25, 0.3) is 0 Å². The van der Waals surface area contributed by atoms with Crippen LogP contribution in [-0.4, -0.2) is 31.3 Å². The van der Waals surface area contributed by atoms with Crippen LogP contribution in [0.15, 0.2) is 42.5 Å². The molecule has 2 aromatic carbocycles. The fourth-order valence-electron chi connectivity index (χ4n) is 3.08. The molecule has 0 radical (unpaired) electrons. The highest BCUT2D eigenvalue weighted by molar-refractivity contribution is 5.57. The van der Waals surface area contributed by atoms with E-state index in [1.807, 2.05) is 0 Å². The van der Waals surface area contributed by atoms with Crippen LogP contribution in [0.3, 0.4) is 0 Å². The Balaban J connectivity index is 1.56. The smallest absolute Gasteiger partial charge is 0.416 e. The summed E-state index contributed by atoms with van der Waals surface area (Å²) >= 11 is 0. The van der Waals surface area contributed by atoms with Crippen LogP contribution in [0.25, 0.3) is 0 Å². The quantitative estimate of drug-likeness (QED) is 0.782. The Bertz CT molecular complexity index is 739. The zero-order chi connectivity index (χ0) is 18.7. The van der Waals surface area contributed by atoms with Crippen molar-refractivity contribution in [2.75, 3.05) is 30.4 Å². The summed E-state index contributed by atoms with van der Waals surface area (Å²) in [6.45, 7) is 1.41. The molecule has 0 atom stereocenters. The molecule has 0 amide bonds. The second kappa shape index (κ2) is 7.35. The predicted octanol–water partition coefficient (Wildman–Crippen LogP) is 4.50. The molecule has 0 aromatic heterocycles. The van der Waals surface area contributed by atoms with Crippen molar-refractivity contribution in [3.8, 4) is 11.5 Å². The normalized spacial score (nSPS) is 15.8. The maximum absolute atomic E-state index is 12.6. The van der Waals surface area contributed by atoms with Crippen LogP contribution in [-0.2, 0) is 6.18 Å². The van der Waals surface area contributed by atoms with E-state index in [0.29, 0.717) is 24.5 Å². The van der Waals surface area contributed by atoms with Crippen molar-refractivity contribution in [1.82, 2.24) is 0 Å². The third kappa shape index (κ3) is 4.15. The number of nitrogens with zero attached hydrogens (tertiary/aromatic N) is 1. The summed E-state index contributed by atoms with van der Waals surface area (Å²) in [7, 11) is 1.73. The van der Waals surface area contributed by atoms with Gasteiger partial charge in [-0.3, -0.25) is 0 Å². The average Bonchev–Trinajstić information content (AvgIpc) is 2.62. The van der Waals surface area contributed by atoms with Crippen LogP contribution in [0.1, 0.15) is 18.4 Å². The van der Waals surface area contributed by atoms with Crippen molar-refractivity contribution >= 4 is 11.4 Å². The lowest BCUT2D eigenvalue weighted by molar-refractivity contribution is -0.137. The third-order valence-electron chi connectivity index (χ3n) is 4.54. The first-order valence-electron chi connectivity index (χ1n) is 8.46. The van der Waals surface area contributed by atoms with E-state index < -0.39 is 11.7 Å². The molecule has 2 aromatic rings. The Morgan fingerprint density at radius 3 is 2.27 bits per heavy atom. The van der Waals surface area contributed by atoms with Crippen molar-refractivity contribution in [3.63, 3.8) is 0 Å². The first-order chi connectivity index (χ1) is 12.4. The summed E-state index contributed by atoms with van der Waals surface area (Å²) in [5.74, 6) is 0.738. The third-order valence-corrected chi connectivity index (χ3v) is 4.54. The Morgan fingerprint density at radius 1 is 1.08 bits per heavy atom. The number of phenols is 1. The maximum Gasteiger partial charge on any atom is 0.416 e. The molecular formula is C19H21F3N2O2. The Kier molecular flexibility index (Phi) is 5.15. The summed E-state index contributed by atoms with van der Waals surface area (Å²) in [5, 5.41) is 12.7. The largest absolute Gasteiger partial charge is 0.506 e. The number of benzene rings is 2. The standard InChI is InChI=1S/C19H21F3N2O2/c1-23-17-7-6-16(12-18(17)25)26-15-8-10-24(11-9-15)14-4-2-13(3-5-14)19(20,21)22/h2-7,12,15,23,25H,8-11H2,1H3. The lowest BCUT2D eigenvalue weighted by Crippen LogP contribution is -2.38. The molecule has 1 aliphatic heterocycles. The van der Waals surface area contributed by atoms with Gasteiger partial charge >= 0.3 is 6.18 Å². The van der Waals surface area contributed by atoms with Crippen LogP contribution in [0, 0.1) is 0 Å². The molecule has 4 nitrogen and oxygen atoms in total. The summed E-state index contributed by atoms with van der Waals surface area (Å²) in [6, 6.07) is 10.4. The highest BCUT2D eigenvalue weighted by Crippen LogP contribution is 2.32. The number of alkyl halides is 3. The molecule has 7 heteroatoms. The van der Waals surface area contributed by atoms with Gasteiger partial charge in [-0.25, -0.2) is 0 Å². The molecular weight excluding hydrogens is 345 g/mol. The molecule has 1 fully saturated rings. The number of rotatable bonds is 4. The van der Waals surface area contributed by atoms with Crippen LogP contribution < -0.4 is 15.0 Å². The molecule has 0 bridgehead atoms. The minimum atomic E-state index is -4.31. The maximum atomic E-state index is 12.6. The van der Waals surface area contributed by atoms with Gasteiger partial charge in [0, 0.05) is 44.7 Å². The van der Waals surface area contributed by atoms with Gasteiger partial charge in [0.1, 0.15) is 17.6 Å². The SMILES string of the molecule is CNc1ccc(OC2CCN(c3ccc(C(F)(F)F)cc3)CC2)cc1O. The Hall–Kier alpha value is -2.57. The molecule has 2 N–H and O–H groups in total. The number of hydrogen-bond acceptors (Lipinski definition) is 4. The van der Waals surface area contributed by atoms with Gasteiger partial charge in [-0.15, -0.1) is 0 Å². The molecule has 1 heterocycles. The highest BCUT2D eigenvalue weighted by Gasteiger charge is 2.30. The fraction of sp³-hybridized carbons (Fsp3) is 0.368. The molecule has 26 heavy (non-hydrogen) atoms. The molecule has 0 spiro atoms. The van der Waals surface area contributed by atoms with Crippen molar-refractivity contribution < 1.29 is 23.0 Å². The zero-order valence-electron chi connectivity index (χ0n) is 14.4. The number of nitrogens with one attached hydrogen (secondary N) is 1. The number of halogens is 3. The number of ether oxygens (including phenoxy) is 1. The van der Waals surface area contributed by atoms with E-state index in [4.69, 9.17) is 4.74 Å². The molecule has 140 valence electrons. The second-order valence-electron chi connectivity index (χ2n) is 6.28. The minimum Gasteiger partial charge on any atom is -0.506 e. The van der Waals surface area contributed by atoms with Crippen molar-refractivity contribution in [3.05, 3.63) is 48.0 Å². The predicted molar refractivity (Wildman–Crippen MR) is 95.0 cm³/mol. The number of phenolic OH excluding ortho intramolecular Hbond substituents is 1. The van der Waals surface area contributed by atoms with Gasteiger partial charge in [0.15, 0.2) is 0 Å². The van der Waals surface area contributed by atoms with Crippen molar-refractivity contribution in [2.24, 2.45) is 0 Å². The van der Waals surface area contributed by atoms with Gasteiger partial charge in [0.05, 0.1) is 11.3 Å². The minimum absolute atomic E-state index is 0.0144. The topological polar surface area (TPSA) is 44.7 Å². The van der Waals surface area contributed by atoms with Crippen LogP contribution in [0.4, 0.5) is 24.5 Å². The molecule has 0 aliphatic carbocycles. The van der Waals surface area contributed by atoms with Gasteiger partial charge in [-0.1, -0.05) is 0 Å². The van der Waals surface area contributed by atoms with E-state index in [1.165, 1.54) is 12.1 Å². The Morgan fingerprint density at radius 2 is 1.73 bits per heavy atom. The summed E-state index contributed by atoms with van der Waals surface area (Å²) in [6.07, 6.45) is -2.78. The van der Waals surface area contributed by atoms with Gasteiger partial charge in [-0.2, -0.15) is 13.2 Å². The number of aromatic hydroxyl groups is 1. The fourth-order valence-corrected chi connectivity index (χ4v) is 3.08. The van der Waals surface area contributed by atoms with Crippen molar-refractivity contribution in [2.45, 2.75) is 25.1 Å². The van der Waals surface area contributed by atoms with Gasteiger partial charge in [0.2, 0.25) is 0 Å². The average molecular weight is 366 g/mol. The molecule has 1 saturated heterocycles. The number of hydrogen-bond donors (Lipinski definition) is 2. The van der Waals surface area contributed by atoms with Crippen LogP contribution >= 0.6 is 0 Å². The lowest BCUT2D eigenvalue weighted by atomic mass is 10.1. The molecule has 0 unspecified atom stereocenters. The van der Waals surface area contributed by atoms with Crippen LogP contribution in [0.2, 0.25) is 0 Å². The monoisotopic (exact) mass is 366 g/mol. The Labute approximate surface area is 150 Å². The van der Waals surface area contributed by atoms with E-state index in [9.17, 15) is 18.3 Å². The summed E-state index contributed by atoms with van der Waals surface area (Å²) in [4.78, 5) is 2.06. The van der Waals surface area contributed by atoms with E-state index in [-0.39, 0.29) is 11.9 Å². The first-order valence-corrected chi connectivity index (χ1v) is 8.46. The van der Waals surface area contributed by atoms with Gasteiger partial charge < -0.3 is 20.1 Å². The first kappa shape index (κ1) is 18.2. The summed E-state index contributed by atoms with van der Waals surface area (Å²) in [5.41, 5.74) is 0.784. The van der Waals surface area contributed by atoms with Crippen LogP contribution in [0.5, 0.6) is 11.5 Å². The van der Waals surface area contributed by atoms with E-state index in [1.54, 1.807) is 25.2 Å². The lowest BCUT2D eigenvalue weighted by Gasteiger charge is -2.34. The molecule has 0 saturated carbocycles.